The highest BCUT2D eigenvalue weighted by molar-refractivity contribution is 6.36. The standard InChI is InChI=1S/C37H36ClF3N6O5/c1-51-32-13-24(14-33(52-2)29(32)20-46-16-21(17-46)36(49)50)47-31-8-4-5-26(28(31)15-42-47)27-6-3-7-30(35(27)38)44-34-12-22(37(39,40)41)11-23(43-34)18-45-10-9-25(48)19-45/h3-8,11-15,21,25,48H,9-10,16-20H2,1-2H3,(H,43,44)(H,49,50)/t25-/m1/s1. The maximum Gasteiger partial charge on any atom is 0.416 e. The lowest BCUT2D eigenvalue weighted by molar-refractivity contribution is -0.147. The van der Waals surface area contributed by atoms with E-state index in [9.17, 15) is 28.2 Å². The molecule has 52 heavy (non-hydrogen) atoms. The van der Waals surface area contributed by atoms with Gasteiger partial charge in [-0.25, -0.2) is 9.67 Å². The van der Waals surface area contributed by atoms with Crippen LogP contribution >= 0.6 is 11.6 Å². The van der Waals surface area contributed by atoms with Crippen LogP contribution in [0.2, 0.25) is 5.02 Å². The van der Waals surface area contributed by atoms with Gasteiger partial charge in [-0.2, -0.15) is 18.3 Å². The van der Waals surface area contributed by atoms with E-state index in [1.54, 1.807) is 37.2 Å². The third-order valence-electron chi connectivity index (χ3n) is 9.53. The van der Waals surface area contributed by atoms with E-state index in [0.29, 0.717) is 67.6 Å². The largest absolute Gasteiger partial charge is 0.496 e. The average molecular weight is 737 g/mol. The third-order valence-corrected chi connectivity index (χ3v) is 9.94. The highest BCUT2D eigenvalue weighted by atomic mass is 35.5. The Morgan fingerprint density at radius 2 is 1.69 bits per heavy atom. The number of carboxylic acid groups (broad SMARTS) is 1. The fraction of sp³-hybridized carbons (Fsp3) is 0.324. The number of aliphatic hydroxyl groups is 1. The molecule has 0 bridgehead atoms. The van der Waals surface area contributed by atoms with Gasteiger partial charge in [-0.3, -0.25) is 14.6 Å². The van der Waals surface area contributed by atoms with E-state index in [2.05, 4.69) is 10.3 Å². The molecule has 7 rings (SSSR count). The number of hydrogen-bond acceptors (Lipinski definition) is 9. The molecule has 5 aromatic rings. The second-order valence-electron chi connectivity index (χ2n) is 13.1. The molecule has 2 aliphatic heterocycles. The summed E-state index contributed by atoms with van der Waals surface area (Å²) in [5, 5.41) is 27.9. The fourth-order valence-corrected chi connectivity index (χ4v) is 7.15. The molecule has 15 heteroatoms. The summed E-state index contributed by atoms with van der Waals surface area (Å²) in [6, 6.07) is 16.6. The molecular formula is C37H36ClF3N6O5. The van der Waals surface area contributed by atoms with Crippen LogP contribution in [-0.2, 0) is 24.1 Å². The quantitative estimate of drug-likeness (QED) is 0.137. The van der Waals surface area contributed by atoms with Crippen molar-refractivity contribution >= 4 is 40.0 Å². The Morgan fingerprint density at radius 1 is 0.981 bits per heavy atom. The second kappa shape index (κ2) is 14.3. The molecule has 0 spiro atoms. The molecular weight excluding hydrogens is 701 g/mol. The summed E-state index contributed by atoms with van der Waals surface area (Å²) in [5.74, 6) is -0.0653. The van der Waals surface area contributed by atoms with Gasteiger partial charge in [0, 0.05) is 62.4 Å². The first kappa shape index (κ1) is 35.5. The number of nitrogens with one attached hydrogen (secondary N) is 1. The molecule has 3 aromatic carbocycles. The molecule has 0 saturated carbocycles. The van der Waals surface area contributed by atoms with Crippen molar-refractivity contribution in [2.45, 2.75) is 31.8 Å². The monoisotopic (exact) mass is 736 g/mol. The molecule has 4 heterocycles. The maximum absolute atomic E-state index is 13.9. The first-order chi connectivity index (χ1) is 24.9. The van der Waals surface area contributed by atoms with E-state index in [1.165, 1.54) is 0 Å². The van der Waals surface area contributed by atoms with E-state index < -0.39 is 29.7 Å². The van der Waals surface area contributed by atoms with Crippen LogP contribution in [0.1, 0.15) is 23.2 Å². The number of carboxylic acids is 1. The number of nitrogens with zero attached hydrogens (tertiary/aromatic N) is 5. The Labute approximate surface area is 302 Å². The van der Waals surface area contributed by atoms with Crippen LogP contribution in [0.15, 0.2) is 66.9 Å². The number of pyridine rings is 1. The first-order valence-corrected chi connectivity index (χ1v) is 17.0. The second-order valence-corrected chi connectivity index (χ2v) is 13.4. The lowest BCUT2D eigenvalue weighted by Crippen LogP contribution is -2.49. The van der Waals surface area contributed by atoms with Crippen molar-refractivity contribution < 1.29 is 37.7 Å². The van der Waals surface area contributed by atoms with Crippen LogP contribution in [0.4, 0.5) is 24.7 Å². The number of anilines is 2. The van der Waals surface area contributed by atoms with Crippen LogP contribution < -0.4 is 14.8 Å². The van der Waals surface area contributed by atoms with Gasteiger partial charge in [0.05, 0.1) is 71.2 Å². The van der Waals surface area contributed by atoms with Crippen molar-refractivity contribution in [3.8, 4) is 28.3 Å². The number of fused-ring (bicyclic) bond motifs is 1. The van der Waals surface area contributed by atoms with E-state index in [0.717, 1.165) is 34.2 Å². The lowest BCUT2D eigenvalue weighted by atomic mass is 9.99. The minimum atomic E-state index is -4.59. The Hall–Kier alpha value is -4.89. The molecule has 2 saturated heterocycles. The number of aromatic nitrogens is 3. The smallest absolute Gasteiger partial charge is 0.416 e. The highest BCUT2D eigenvalue weighted by Gasteiger charge is 2.34. The number of aliphatic carboxylic acids is 1. The van der Waals surface area contributed by atoms with Crippen LogP contribution in [-0.4, -0.2) is 87.2 Å². The molecule has 2 aliphatic rings. The van der Waals surface area contributed by atoms with Crippen molar-refractivity contribution in [3.63, 3.8) is 0 Å². The molecule has 11 nitrogen and oxygen atoms in total. The number of aliphatic hydroxyl groups excluding tert-OH is 1. The van der Waals surface area contributed by atoms with Gasteiger partial charge < -0.3 is 25.0 Å². The van der Waals surface area contributed by atoms with Gasteiger partial charge in [-0.05, 0) is 36.2 Å². The van der Waals surface area contributed by atoms with E-state index in [-0.39, 0.29) is 23.1 Å². The average Bonchev–Trinajstić information content (AvgIpc) is 3.72. The predicted molar refractivity (Wildman–Crippen MR) is 189 cm³/mol. The molecule has 0 amide bonds. The molecule has 0 radical (unpaired) electrons. The zero-order chi connectivity index (χ0) is 36.7. The van der Waals surface area contributed by atoms with Crippen molar-refractivity contribution in [2.75, 3.05) is 45.7 Å². The summed E-state index contributed by atoms with van der Waals surface area (Å²) >= 11 is 6.98. The van der Waals surface area contributed by atoms with Crippen LogP contribution in [0.5, 0.6) is 11.5 Å². The van der Waals surface area contributed by atoms with E-state index in [1.807, 2.05) is 46.2 Å². The number of halogens is 4. The number of methoxy groups -OCH3 is 2. The third kappa shape index (κ3) is 7.11. The Kier molecular flexibility index (Phi) is 9.74. The number of hydrogen-bond donors (Lipinski definition) is 3. The van der Waals surface area contributed by atoms with Crippen LogP contribution in [0.25, 0.3) is 27.7 Å². The minimum Gasteiger partial charge on any atom is -0.496 e. The number of likely N-dealkylation sites (tertiary alicyclic amines) is 2. The fourth-order valence-electron chi connectivity index (χ4n) is 6.87. The SMILES string of the molecule is COc1cc(-n2ncc3c(-c4cccc(Nc5cc(C(F)(F)F)cc(CN6CC[C@@H](O)C6)n5)c4Cl)cccc32)cc(OC)c1CN1CC(C(=O)O)C1. The van der Waals surface area contributed by atoms with Gasteiger partial charge in [-0.1, -0.05) is 35.9 Å². The van der Waals surface area contributed by atoms with Gasteiger partial charge in [0.2, 0.25) is 0 Å². The predicted octanol–water partition coefficient (Wildman–Crippen LogP) is 6.60. The Balaban J connectivity index is 1.20. The lowest BCUT2D eigenvalue weighted by Gasteiger charge is -2.37. The van der Waals surface area contributed by atoms with E-state index >= 15 is 0 Å². The van der Waals surface area contributed by atoms with Gasteiger partial charge in [0.15, 0.2) is 0 Å². The van der Waals surface area contributed by atoms with Crippen molar-refractivity contribution in [1.82, 2.24) is 24.6 Å². The summed E-state index contributed by atoms with van der Waals surface area (Å²) in [6.07, 6.45) is -2.82. The minimum absolute atomic E-state index is 0.00296. The number of benzene rings is 3. The normalized spacial score (nSPS) is 17.0. The van der Waals surface area contributed by atoms with Gasteiger partial charge >= 0.3 is 12.1 Å². The number of β-amino-alcohol motifs (C(OH)–C–C–N with tert-alkyl or cyclic N) is 1. The number of alkyl halides is 3. The van der Waals surface area contributed by atoms with Gasteiger partial charge in [-0.15, -0.1) is 0 Å². The molecule has 0 unspecified atom stereocenters. The van der Waals surface area contributed by atoms with Crippen molar-refractivity contribution in [1.29, 1.82) is 0 Å². The number of ether oxygens (including phenoxy) is 2. The van der Waals surface area contributed by atoms with Crippen molar-refractivity contribution in [3.05, 3.63) is 88.7 Å². The summed E-state index contributed by atoms with van der Waals surface area (Å²) in [5.41, 5.74) is 3.38. The summed E-state index contributed by atoms with van der Waals surface area (Å²) in [6.45, 7) is 2.46. The molecule has 1 atom stereocenters. The van der Waals surface area contributed by atoms with E-state index in [4.69, 9.17) is 26.2 Å². The first-order valence-electron chi connectivity index (χ1n) is 16.6. The molecule has 2 fully saturated rings. The number of rotatable bonds is 11. The Bertz CT molecular complexity index is 2110. The topological polar surface area (TPSA) is 125 Å². The number of carbonyl (C=O) groups is 1. The highest BCUT2D eigenvalue weighted by Crippen LogP contribution is 2.41. The van der Waals surface area contributed by atoms with Gasteiger partial charge in [0.1, 0.15) is 17.3 Å². The molecule has 2 aromatic heterocycles. The summed E-state index contributed by atoms with van der Waals surface area (Å²) < 4.78 is 55.1. The zero-order valence-corrected chi connectivity index (χ0v) is 29.1. The molecule has 272 valence electrons. The summed E-state index contributed by atoms with van der Waals surface area (Å²) in [7, 11) is 3.13. The van der Waals surface area contributed by atoms with Gasteiger partial charge in [0.25, 0.3) is 0 Å². The Morgan fingerprint density at radius 3 is 2.35 bits per heavy atom. The van der Waals surface area contributed by atoms with Crippen LogP contribution in [0.3, 0.4) is 0 Å². The molecule has 0 aliphatic carbocycles. The van der Waals surface area contributed by atoms with Crippen molar-refractivity contribution in [2.24, 2.45) is 5.92 Å². The zero-order valence-electron chi connectivity index (χ0n) is 28.3. The van der Waals surface area contributed by atoms with Crippen LogP contribution in [0, 0.1) is 5.92 Å². The maximum atomic E-state index is 13.9. The summed E-state index contributed by atoms with van der Waals surface area (Å²) in [4.78, 5) is 19.7. The molecule has 3 N–H and O–H groups in total.